The van der Waals surface area contributed by atoms with Crippen molar-refractivity contribution >= 4 is 34.2 Å². The van der Waals surface area contributed by atoms with Crippen LogP contribution in [0.3, 0.4) is 0 Å². The van der Waals surface area contributed by atoms with Gasteiger partial charge in [0.2, 0.25) is 0 Å². The van der Waals surface area contributed by atoms with E-state index in [9.17, 15) is 4.79 Å². The zero-order valence-electron chi connectivity index (χ0n) is 10.8. The number of anilines is 1. The van der Waals surface area contributed by atoms with Crippen LogP contribution in [0.5, 0.6) is 0 Å². The summed E-state index contributed by atoms with van der Waals surface area (Å²) in [6.45, 7) is 2.10. The van der Waals surface area contributed by atoms with Gasteiger partial charge in [-0.25, -0.2) is 0 Å². The predicted octanol–water partition coefficient (Wildman–Crippen LogP) is 1.97. The highest BCUT2D eigenvalue weighted by Crippen LogP contribution is 2.12. The number of carbonyl (C=O) groups excluding carboxylic acids is 1. The van der Waals surface area contributed by atoms with E-state index in [4.69, 9.17) is 10.00 Å². The van der Waals surface area contributed by atoms with Crippen LogP contribution in [0.2, 0.25) is 0 Å². The molecule has 1 aromatic carbocycles. The van der Waals surface area contributed by atoms with Crippen LogP contribution in [0, 0.1) is 14.9 Å². The highest BCUT2D eigenvalue weighted by atomic mass is 127. The molecule has 1 N–H and O–H groups in total. The van der Waals surface area contributed by atoms with Gasteiger partial charge in [0.25, 0.3) is 5.91 Å². The Morgan fingerprint density at radius 1 is 1.35 bits per heavy atom. The molecular weight excluding hydrogens is 369 g/mol. The molecule has 0 unspecified atom stereocenters. The van der Waals surface area contributed by atoms with Gasteiger partial charge in [-0.1, -0.05) is 0 Å². The maximum absolute atomic E-state index is 12.1. The number of rotatable bonds is 3. The zero-order valence-corrected chi connectivity index (χ0v) is 13.0. The molecule has 1 fully saturated rings. The third-order valence-corrected chi connectivity index (χ3v) is 3.60. The summed E-state index contributed by atoms with van der Waals surface area (Å²) < 4.78 is 6.32. The molecule has 6 heteroatoms. The molecule has 1 amide bonds. The Bertz CT molecular complexity index is 543. The van der Waals surface area contributed by atoms with Crippen molar-refractivity contribution in [3.8, 4) is 6.07 Å². The van der Waals surface area contributed by atoms with Gasteiger partial charge < -0.3 is 15.0 Å². The maximum atomic E-state index is 12.1. The van der Waals surface area contributed by atoms with Gasteiger partial charge in [0.05, 0.1) is 13.2 Å². The Morgan fingerprint density at radius 2 is 2.00 bits per heavy atom. The third-order valence-electron chi connectivity index (χ3n) is 2.88. The molecule has 2 rings (SSSR count). The minimum atomic E-state index is -0.256. The van der Waals surface area contributed by atoms with Crippen molar-refractivity contribution in [2.45, 2.75) is 0 Å². The standard InChI is InChI=1S/C14H14IN3O2/c15-12-1-3-13(4-2-12)17-10-11(9-16)14(19)18-5-7-20-8-6-18/h1-4,10,17H,5-8H2/b11-10-. The summed E-state index contributed by atoms with van der Waals surface area (Å²) >= 11 is 2.22. The van der Waals surface area contributed by atoms with E-state index in [0.29, 0.717) is 26.3 Å². The normalized spacial score (nSPS) is 15.6. The fourth-order valence-corrected chi connectivity index (χ4v) is 2.14. The summed E-state index contributed by atoms with van der Waals surface area (Å²) in [7, 11) is 0. The second-order valence-corrected chi connectivity index (χ2v) is 5.47. The number of hydrogen-bond donors (Lipinski definition) is 1. The SMILES string of the molecule is N#C/C(=C/Nc1ccc(I)cc1)C(=O)N1CCOCC1. The summed E-state index contributed by atoms with van der Waals surface area (Å²) in [5, 5.41) is 12.1. The Balaban J connectivity index is 2.03. The summed E-state index contributed by atoms with van der Waals surface area (Å²) in [5.74, 6) is -0.256. The van der Waals surface area contributed by atoms with Crippen LogP contribution in [0.1, 0.15) is 0 Å². The number of ether oxygens (including phenoxy) is 1. The number of nitrogens with one attached hydrogen (secondary N) is 1. The molecule has 0 radical (unpaired) electrons. The second-order valence-electron chi connectivity index (χ2n) is 4.23. The first-order chi connectivity index (χ1) is 9.70. The van der Waals surface area contributed by atoms with Crippen LogP contribution in [0.15, 0.2) is 36.0 Å². The summed E-state index contributed by atoms with van der Waals surface area (Å²) in [6, 6.07) is 9.64. The topological polar surface area (TPSA) is 65.4 Å². The quantitative estimate of drug-likeness (QED) is 0.493. The molecule has 0 aliphatic carbocycles. The minimum Gasteiger partial charge on any atom is -0.378 e. The van der Waals surface area contributed by atoms with Gasteiger partial charge in [-0.05, 0) is 46.9 Å². The van der Waals surface area contributed by atoms with E-state index in [1.54, 1.807) is 4.90 Å². The lowest BCUT2D eigenvalue weighted by Crippen LogP contribution is -2.41. The van der Waals surface area contributed by atoms with Gasteiger partial charge in [-0.3, -0.25) is 4.79 Å². The fourth-order valence-electron chi connectivity index (χ4n) is 1.78. The summed E-state index contributed by atoms with van der Waals surface area (Å²) in [5.41, 5.74) is 0.943. The molecule has 5 nitrogen and oxygen atoms in total. The number of hydrogen-bond acceptors (Lipinski definition) is 4. The first-order valence-corrected chi connectivity index (χ1v) is 7.28. The van der Waals surface area contributed by atoms with E-state index in [1.807, 2.05) is 30.3 Å². The Hall–Kier alpha value is -1.59. The highest BCUT2D eigenvalue weighted by Gasteiger charge is 2.20. The van der Waals surface area contributed by atoms with Crippen LogP contribution in [0.25, 0.3) is 0 Å². The molecule has 0 bridgehead atoms. The monoisotopic (exact) mass is 383 g/mol. The van der Waals surface area contributed by atoms with Crippen LogP contribution in [-0.4, -0.2) is 37.1 Å². The molecule has 0 spiro atoms. The van der Waals surface area contributed by atoms with Crippen LogP contribution < -0.4 is 5.32 Å². The van der Waals surface area contributed by atoms with Gasteiger partial charge in [0.1, 0.15) is 11.6 Å². The number of morpholine rings is 1. The molecule has 1 aliphatic heterocycles. The smallest absolute Gasteiger partial charge is 0.266 e. The number of benzene rings is 1. The zero-order chi connectivity index (χ0) is 14.4. The van der Waals surface area contributed by atoms with E-state index in [2.05, 4.69) is 27.9 Å². The van der Waals surface area contributed by atoms with Gasteiger partial charge in [0.15, 0.2) is 0 Å². The summed E-state index contributed by atoms with van der Waals surface area (Å²) in [4.78, 5) is 13.8. The highest BCUT2D eigenvalue weighted by molar-refractivity contribution is 14.1. The van der Waals surface area contributed by atoms with Crippen molar-refractivity contribution in [2.75, 3.05) is 31.6 Å². The summed E-state index contributed by atoms with van der Waals surface area (Å²) in [6.07, 6.45) is 1.46. The lowest BCUT2D eigenvalue weighted by atomic mass is 10.2. The van der Waals surface area contributed by atoms with Gasteiger partial charge in [-0.15, -0.1) is 0 Å². The van der Waals surface area contributed by atoms with Crippen molar-refractivity contribution in [1.29, 1.82) is 5.26 Å². The van der Waals surface area contributed by atoms with Crippen molar-refractivity contribution in [3.05, 3.63) is 39.6 Å². The molecule has 1 saturated heterocycles. The fraction of sp³-hybridized carbons (Fsp3) is 0.286. The lowest BCUT2D eigenvalue weighted by Gasteiger charge is -2.26. The van der Waals surface area contributed by atoms with Gasteiger partial charge in [-0.2, -0.15) is 5.26 Å². The second kappa shape index (κ2) is 7.26. The van der Waals surface area contributed by atoms with E-state index >= 15 is 0 Å². The van der Waals surface area contributed by atoms with Crippen molar-refractivity contribution < 1.29 is 9.53 Å². The van der Waals surface area contributed by atoms with Gasteiger partial charge >= 0.3 is 0 Å². The Labute approximate surface area is 131 Å². The molecule has 0 aromatic heterocycles. The molecular formula is C14H14IN3O2. The first-order valence-electron chi connectivity index (χ1n) is 6.20. The molecule has 1 aliphatic rings. The van der Waals surface area contributed by atoms with Crippen molar-refractivity contribution in [3.63, 3.8) is 0 Å². The van der Waals surface area contributed by atoms with Crippen LogP contribution >= 0.6 is 22.6 Å². The van der Waals surface area contributed by atoms with Crippen molar-refractivity contribution in [1.82, 2.24) is 4.90 Å². The maximum Gasteiger partial charge on any atom is 0.266 e. The average Bonchev–Trinajstić information content (AvgIpc) is 2.50. The largest absolute Gasteiger partial charge is 0.378 e. The molecule has 20 heavy (non-hydrogen) atoms. The molecule has 1 aromatic rings. The molecule has 104 valence electrons. The molecule has 0 atom stereocenters. The van der Waals surface area contributed by atoms with Crippen LogP contribution in [0.4, 0.5) is 5.69 Å². The Morgan fingerprint density at radius 3 is 2.60 bits per heavy atom. The number of nitriles is 1. The van der Waals surface area contributed by atoms with E-state index < -0.39 is 0 Å². The molecule has 0 saturated carbocycles. The number of halogens is 1. The minimum absolute atomic E-state index is 0.102. The van der Waals surface area contributed by atoms with E-state index in [1.165, 1.54) is 6.20 Å². The first kappa shape index (κ1) is 14.8. The van der Waals surface area contributed by atoms with Crippen molar-refractivity contribution in [2.24, 2.45) is 0 Å². The molecule has 1 heterocycles. The predicted molar refractivity (Wildman–Crippen MR) is 83.9 cm³/mol. The number of nitrogens with zero attached hydrogens (tertiary/aromatic N) is 2. The Kier molecular flexibility index (Phi) is 5.38. The van der Waals surface area contributed by atoms with E-state index in [-0.39, 0.29) is 11.5 Å². The third kappa shape index (κ3) is 3.95. The lowest BCUT2D eigenvalue weighted by molar-refractivity contribution is -0.130. The van der Waals surface area contributed by atoms with E-state index in [0.717, 1.165) is 9.26 Å². The average molecular weight is 383 g/mol. The number of amides is 1. The van der Waals surface area contributed by atoms with Crippen LogP contribution in [-0.2, 0) is 9.53 Å². The number of carbonyl (C=O) groups is 1. The van der Waals surface area contributed by atoms with Gasteiger partial charge in [0, 0.05) is 28.5 Å².